The van der Waals surface area contributed by atoms with Gasteiger partial charge in [-0.25, -0.2) is 4.98 Å². The molecule has 0 aliphatic carbocycles. The van der Waals surface area contributed by atoms with Crippen LogP contribution >= 0.6 is 34.5 Å². The number of rotatable bonds is 7. The van der Waals surface area contributed by atoms with Gasteiger partial charge >= 0.3 is 0 Å². The number of methoxy groups -OCH3 is 1. The van der Waals surface area contributed by atoms with Crippen molar-refractivity contribution in [2.75, 3.05) is 24.3 Å². The van der Waals surface area contributed by atoms with Crippen LogP contribution in [0.2, 0.25) is 10.0 Å². The van der Waals surface area contributed by atoms with Crippen molar-refractivity contribution in [1.29, 1.82) is 0 Å². The highest BCUT2D eigenvalue weighted by Crippen LogP contribution is 2.25. The van der Waals surface area contributed by atoms with E-state index in [1.54, 1.807) is 19.4 Å². The van der Waals surface area contributed by atoms with Crippen molar-refractivity contribution in [2.45, 2.75) is 6.42 Å². The van der Waals surface area contributed by atoms with Crippen LogP contribution in [0.4, 0.5) is 10.8 Å². The molecular weight excluding hydrogens is 405 g/mol. The molecule has 0 spiro atoms. The Morgan fingerprint density at radius 1 is 1.19 bits per heavy atom. The maximum absolute atomic E-state index is 12.2. The third-order valence-electron chi connectivity index (χ3n) is 3.65. The Labute approximate surface area is 171 Å². The third kappa shape index (κ3) is 5.60. The minimum absolute atomic E-state index is 0.110. The average Bonchev–Trinajstić information content (AvgIpc) is 3.06. The van der Waals surface area contributed by atoms with Crippen LogP contribution in [-0.2, 0) is 11.2 Å². The number of benzene rings is 2. The summed E-state index contributed by atoms with van der Waals surface area (Å²) in [4.78, 5) is 17.4. The molecule has 1 heterocycles. The Bertz CT molecular complexity index is 926. The van der Waals surface area contributed by atoms with Gasteiger partial charge in [0.1, 0.15) is 5.75 Å². The molecule has 0 saturated heterocycles. The predicted octanol–water partition coefficient (Wildman–Crippen LogP) is 5.10. The second-order valence-corrected chi connectivity index (χ2v) is 7.68. The summed E-state index contributed by atoms with van der Waals surface area (Å²) < 4.78 is 5.25. The number of anilines is 2. The molecule has 0 atom stereocenters. The Kier molecular flexibility index (Phi) is 6.55. The first-order valence-corrected chi connectivity index (χ1v) is 9.67. The fraction of sp³-hybridized carbons (Fsp3) is 0.158. The Morgan fingerprint density at radius 3 is 2.67 bits per heavy atom. The summed E-state index contributed by atoms with van der Waals surface area (Å²) in [5, 5.41) is 7.58. The van der Waals surface area contributed by atoms with Gasteiger partial charge in [0.05, 0.1) is 19.3 Å². The number of para-hydroxylation sites is 2. The van der Waals surface area contributed by atoms with Crippen LogP contribution in [0, 0.1) is 0 Å². The Hall–Kier alpha value is -2.28. The monoisotopic (exact) mass is 421 g/mol. The number of thiazole rings is 1. The van der Waals surface area contributed by atoms with Crippen LogP contribution in [0.3, 0.4) is 0 Å². The van der Waals surface area contributed by atoms with Crippen LogP contribution in [-0.4, -0.2) is 24.5 Å². The van der Waals surface area contributed by atoms with Crippen molar-refractivity contribution in [3.05, 3.63) is 69.1 Å². The van der Waals surface area contributed by atoms with Crippen molar-refractivity contribution >= 4 is 51.3 Å². The van der Waals surface area contributed by atoms with E-state index in [-0.39, 0.29) is 12.5 Å². The molecule has 3 aromatic rings. The molecule has 8 heteroatoms. The van der Waals surface area contributed by atoms with Gasteiger partial charge in [0.2, 0.25) is 5.91 Å². The molecule has 5 nitrogen and oxygen atoms in total. The first kappa shape index (κ1) is 19.5. The van der Waals surface area contributed by atoms with Gasteiger partial charge in [-0.05, 0) is 35.9 Å². The van der Waals surface area contributed by atoms with Crippen molar-refractivity contribution in [3.8, 4) is 5.75 Å². The van der Waals surface area contributed by atoms with Crippen LogP contribution in [0.25, 0.3) is 0 Å². The third-order valence-corrected chi connectivity index (χ3v) is 5.00. The number of carbonyl (C=O) groups is 1. The summed E-state index contributed by atoms with van der Waals surface area (Å²) in [6, 6.07) is 12.8. The number of hydrogen-bond donors (Lipinski definition) is 2. The topological polar surface area (TPSA) is 63.2 Å². The molecule has 0 radical (unpaired) electrons. The normalized spacial score (nSPS) is 10.5. The highest BCUT2D eigenvalue weighted by atomic mass is 35.5. The van der Waals surface area contributed by atoms with Crippen molar-refractivity contribution < 1.29 is 9.53 Å². The van der Waals surface area contributed by atoms with E-state index in [0.717, 1.165) is 16.1 Å². The van der Waals surface area contributed by atoms with Crippen LogP contribution in [0.5, 0.6) is 5.75 Å². The summed E-state index contributed by atoms with van der Waals surface area (Å²) in [6.07, 6.45) is 2.38. The van der Waals surface area contributed by atoms with E-state index in [9.17, 15) is 4.79 Å². The van der Waals surface area contributed by atoms with E-state index in [0.29, 0.717) is 27.3 Å². The van der Waals surface area contributed by atoms with E-state index in [1.165, 1.54) is 11.3 Å². The zero-order valence-electron chi connectivity index (χ0n) is 14.5. The minimum Gasteiger partial charge on any atom is -0.495 e. The van der Waals surface area contributed by atoms with E-state index in [4.69, 9.17) is 27.9 Å². The van der Waals surface area contributed by atoms with Crippen LogP contribution in [0.15, 0.2) is 48.7 Å². The SMILES string of the molecule is COc1ccccc1NCC(=O)Nc1ncc(Cc2cc(Cl)cc(Cl)c2)s1. The van der Waals surface area contributed by atoms with E-state index in [1.807, 2.05) is 36.4 Å². The summed E-state index contributed by atoms with van der Waals surface area (Å²) in [6.45, 7) is 0.110. The van der Waals surface area contributed by atoms with Crippen LogP contribution < -0.4 is 15.4 Å². The van der Waals surface area contributed by atoms with Gasteiger partial charge in [0.25, 0.3) is 0 Å². The fourth-order valence-electron chi connectivity index (χ4n) is 2.49. The molecule has 0 saturated carbocycles. The van der Waals surface area contributed by atoms with Gasteiger partial charge in [-0.2, -0.15) is 0 Å². The highest BCUT2D eigenvalue weighted by Gasteiger charge is 2.09. The molecule has 1 amide bonds. The standard InChI is InChI=1S/C19H17Cl2N3O2S/c1-26-17-5-3-2-4-16(17)22-11-18(25)24-19-23-10-15(27-19)8-12-6-13(20)9-14(21)7-12/h2-7,9-10,22H,8,11H2,1H3,(H,23,24,25). The van der Waals surface area contributed by atoms with Crippen molar-refractivity contribution in [3.63, 3.8) is 0 Å². The van der Waals surface area contributed by atoms with E-state index < -0.39 is 0 Å². The molecule has 0 unspecified atom stereocenters. The molecule has 1 aromatic heterocycles. The molecule has 0 aliphatic heterocycles. The lowest BCUT2D eigenvalue weighted by atomic mass is 10.1. The van der Waals surface area contributed by atoms with Gasteiger partial charge in [0.15, 0.2) is 5.13 Å². The number of amides is 1. The molecule has 0 bridgehead atoms. The van der Waals surface area contributed by atoms with E-state index in [2.05, 4.69) is 15.6 Å². The smallest absolute Gasteiger partial charge is 0.245 e. The summed E-state index contributed by atoms with van der Waals surface area (Å²) in [5.41, 5.74) is 1.75. The molecule has 140 valence electrons. The molecule has 3 rings (SSSR count). The average molecular weight is 422 g/mol. The zero-order chi connectivity index (χ0) is 19.2. The van der Waals surface area contributed by atoms with Gasteiger partial charge < -0.3 is 15.4 Å². The van der Waals surface area contributed by atoms with Gasteiger partial charge in [-0.15, -0.1) is 11.3 Å². The first-order valence-electron chi connectivity index (χ1n) is 8.10. The lowest BCUT2D eigenvalue weighted by Gasteiger charge is -2.10. The van der Waals surface area contributed by atoms with Crippen molar-refractivity contribution in [2.24, 2.45) is 0 Å². The number of nitrogens with zero attached hydrogens (tertiary/aromatic N) is 1. The quantitative estimate of drug-likeness (QED) is 0.556. The molecular formula is C19H17Cl2N3O2S. The molecule has 0 fully saturated rings. The second-order valence-electron chi connectivity index (χ2n) is 5.69. The first-order chi connectivity index (χ1) is 13.0. The number of halogens is 2. The van der Waals surface area contributed by atoms with Crippen LogP contribution in [0.1, 0.15) is 10.4 Å². The van der Waals surface area contributed by atoms with Crippen molar-refractivity contribution in [1.82, 2.24) is 4.98 Å². The minimum atomic E-state index is -0.187. The largest absolute Gasteiger partial charge is 0.495 e. The number of carbonyl (C=O) groups excluding carboxylic acids is 1. The summed E-state index contributed by atoms with van der Waals surface area (Å²) in [5.74, 6) is 0.495. The van der Waals surface area contributed by atoms with Gasteiger partial charge in [-0.1, -0.05) is 35.3 Å². The lowest BCUT2D eigenvalue weighted by molar-refractivity contribution is -0.114. The summed E-state index contributed by atoms with van der Waals surface area (Å²) >= 11 is 13.5. The number of hydrogen-bond acceptors (Lipinski definition) is 5. The number of nitrogens with one attached hydrogen (secondary N) is 2. The Morgan fingerprint density at radius 2 is 1.93 bits per heavy atom. The van der Waals surface area contributed by atoms with Gasteiger partial charge in [-0.3, -0.25) is 4.79 Å². The lowest BCUT2D eigenvalue weighted by Crippen LogP contribution is -2.21. The second kappa shape index (κ2) is 9.08. The molecule has 27 heavy (non-hydrogen) atoms. The Balaban J connectivity index is 1.56. The molecule has 0 aliphatic rings. The maximum atomic E-state index is 12.2. The number of aromatic nitrogens is 1. The zero-order valence-corrected chi connectivity index (χ0v) is 16.8. The van der Waals surface area contributed by atoms with Gasteiger partial charge in [0, 0.05) is 27.5 Å². The highest BCUT2D eigenvalue weighted by molar-refractivity contribution is 7.15. The predicted molar refractivity (Wildman–Crippen MR) is 111 cm³/mol. The van der Waals surface area contributed by atoms with E-state index >= 15 is 0 Å². The molecule has 2 aromatic carbocycles. The number of ether oxygens (including phenoxy) is 1. The molecule has 2 N–H and O–H groups in total. The summed E-state index contributed by atoms with van der Waals surface area (Å²) in [7, 11) is 1.59. The maximum Gasteiger partial charge on any atom is 0.245 e. The fourth-order valence-corrected chi connectivity index (χ4v) is 3.92.